The Morgan fingerprint density at radius 1 is 1.43 bits per heavy atom. The quantitative estimate of drug-likeness (QED) is 0.702. The highest BCUT2D eigenvalue weighted by atomic mass is 32.2. The van der Waals surface area contributed by atoms with Crippen molar-refractivity contribution in [2.24, 2.45) is 0 Å². The van der Waals surface area contributed by atoms with Crippen molar-refractivity contribution in [2.75, 3.05) is 6.61 Å². The highest BCUT2D eigenvalue weighted by molar-refractivity contribution is 8.02. The first kappa shape index (κ1) is 12.1. The molecule has 14 heavy (non-hydrogen) atoms. The molecule has 0 aromatic carbocycles. The summed E-state index contributed by atoms with van der Waals surface area (Å²) < 4.78 is 5.08. The number of ether oxygens (including phenoxy) is 1. The van der Waals surface area contributed by atoms with E-state index < -0.39 is 0 Å². The summed E-state index contributed by atoms with van der Waals surface area (Å²) in [5, 5.41) is 3.14. The summed E-state index contributed by atoms with van der Waals surface area (Å²) in [6.45, 7) is 5.40. The molecule has 2 unspecified atom stereocenters. The lowest BCUT2D eigenvalue weighted by Gasteiger charge is -2.24. The largest absolute Gasteiger partial charge is 0.378 e. The molecule has 1 saturated heterocycles. The predicted octanol–water partition coefficient (Wildman–Crippen LogP) is 3.99. The van der Waals surface area contributed by atoms with E-state index in [2.05, 4.69) is 25.3 Å². The fraction of sp³-hybridized carbons (Fsp3) is 0.833. The Morgan fingerprint density at radius 3 is 2.50 bits per heavy atom. The number of rotatable bonds is 3. The third-order valence-corrected chi connectivity index (χ3v) is 3.79. The molecule has 2 rings (SSSR count). The monoisotopic (exact) mass is 214 g/mol. The van der Waals surface area contributed by atoms with Crippen LogP contribution in [-0.4, -0.2) is 18.0 Å². The van der Waals surface area contributed by atoms with E-state index in [1.54, 1.807) is 0 Å². The first-order valence-corrected chi connectivity index (χ1v) is 6.73. The summed E-state index contributed by atoms with van der Waals surface area (Å²) in [7, 11) is 0. The maximum atomic E-state index is 5.08. The Morgan fingerprint density at radius 2 is 2.21 bits per heavy atom. The summed E-state index contributed by atoms with van der Waals surface area (Å²) in [5.74, 6) is 0. The van der Waals surface area contributed by atoms with Crippen molar-refractivity contribution in [3.63, 3.8) is 0 Å². The zero-order valence-corrected chi connectivity index (χ0v) is 10.2. The Labute approximate surface area is 92.3 Å². The van der Waals surface area contributed by atoms with Crippen molar-refractivity contribution in [1.82, 2.24) is 0 Å². The molecule has 2 heteroatoms. The van der Waals surface area contributed by atoms with Gasteiger partial charge in [-0.1, -0.05) is 26.3 Å². The lowest BCUT2D eigenvalue weighted by Crippen LogP contribution is -2.25. The smallest absolute Gasteiger partial charge is 0.0594 e. The molecule has 0 aromatic heterocycles. The molecule has 1 fully saturated rings. The molecular formula is C12H22OS. The van der Waals surface area contributed by atoms with Gasteiger partial charge < -0.3 is 4.74 Å². The minimum absolute atomic E-state index is 0.616. The topological polar surface area (TPSA) is 9.23 Å². The van der Waals surface area contributed by atoms with E-state index in [-0.39, 0.29) is 0 Å². The molecule has 2 aliphatic rings. The third-order valence-electron chi connectivity index (χ3n) is 2.63. The van der Waals surface area contributed by atoms with Crippen LogP contribution < -0.4 is 0 Å². The number of allylic oxidation sites excluding steroid dienone is 1. The highest BCUT2D eigenvalue weighted by Crippen LogP contribution is 2.27. The van der Waals surface area contributed by atoms with E-state index in [1.165, 1.54) is 32.1 Å². The summed E-state index contributed by atoms with van der Waals surface area (Å²) in [5.41, 5.74) is 0. The van der Waals surface area contributed by atoms with Crippen LogP contribution in [0.25, 0.3) is 0 Å². The van der Waals surface area contributed by atoms with Crippen molar-refractivity contribution in [1.29, 1.82) is 0 Å². The molecule has 0 aromatic rings. The molecule has 0 spiro atoms. The second kappa shape index (κ2) is 7.36. The Hall–Kier alpha value is 0.0500. The van der Waals surface area contributed by atoms with Crippen LogP contribution in [0.2, 0.25) is 0 Å². The number of hydrogen-bond acceptors (Lipinski definition) is 2. The van der Waals surface area contributed by atoms with E-state index in [4.69, 9.17) is 4.74 Å². The van der Waals surface area contributed by atoms with Gasteiger partial charge in [0.1, 0.15) is 0 Å². The molecule has 1 nitrogen and oxygen atoms in total. The minimum atomic E-state index is 0.616. The van der Waals surface area contributed by atoms with E-state index in [0.717, 1.165) is 11.9 Å². The van der Waals surface area contributed by atoms with Crippen LogP contribution >= 0.6 is 11.8 Å². The van der Waals surface area contributed by atoms with Crippen molar-refractivity contribution in [3.8, 4) is 0 Å². The van der Waals surface area contributed by atoms with Crippen LogP contribution in [0.1, 0.15) is 46.0 Å². The molecule has 82 valence electrons. The molecule has 0 N–H and O–H groups in total. The number of thioether (sulfide) groups is 1. The maximum absolute atomic E-state index is 5.08. The standard InChI is InChI=1S/C7H12S.C5H10O/c1-2-4-7-5-3-6-8-7;1-2-5-3-4-6-5/h3,6-7H,2,4-5H2,1H3;5H,2-4H2,1H3. The van der Waals surface area contributed by atoms with Gasteiger partial charge in [0.05, 0.1) is 6.10 Å². The van der Waals surface area contributed by atoms with Crippen LogP contribution in [0.15, 0.2) is 11.5 Å². The molecule has 0 saturated carbocycles. The summed E-state index contributed by atoms with van der Waals surface area (Å²) in [6, 6.07) is 0. The van der Waals surface area contributed by atoms with Crippen molar-refractivity contribution < 1.29 is 4.74 Å². The van der Waals surface area contributed by atoms with Crippen molar-refractivity contribution in [3.05, 3.63) is 11.5 Å². The van der Waals surface area contributed by atoms with Gasteiger partial charge in [-0.25, -0.2) is 0 Å². The minimum Gasteiger partial charge on any atom is -0.378 e. The molecule has 0 bridgehead atoms. The SMILES string of the molecule is CCC1CCO1.CCCC1CC=CS1. The van der Waals surface area contributed by atoms with Crippen LogP contribution in [0.3, 0.4) is 0 Å². The fourth-order valence-corrected chi connectivity index (χ4v) is 2.58. The second-order valence-corrected chi connectivity index (χ2v) is 5.05. The highest BCUT2D eigenvalue weighted by Gasteiger charge is 2.13. The van der Waals surface area contributed by atoms with Crippen LogP contribution in [0, 0.1) is 0 Å². The van der Waals surface area contributed by atoms with Gasteiger partial charge in [0.15, 0.2) is 0 Å². The predicted molar refractivity (Wildman–Crippen MR) is 64.7 cm³/mol. The van der Waals surface area contributed by atoms with Gasteiger partial charge >= 0.3 is 0 Å². The van der Waals surface area contributed by atoms with Crippen LogP contribution in [0.5, 0.6) is 0 Å². The van der Waals surface area contributed by atoms with E-state index in [1.807, 2.05) is 11.8 Å². The Kier molecular flexibility index (Phi) is 6.37. The molecule has 0 amide bonds. The summed E-state index contributed by atoms with van der Waals surface area (Å²) in [6.07, 6.45) is 9.39. The zero-order valence-electron chi connectivity index (χ0n) is 9.37. The number of hydrogen-bond donors (Lipinski definition) is 0. The molecule has 2 atom stereocenters. The molecule has 0 radical (unpaired) electrons. The average molecular weight is 214 g/mol. The van der Waals surface area contributed by atoms with E-state index in [9.17, 15) is 0 Å². The van der Waals surface area contributed by atoms with Crippen LogP contribution in [0.4, 0.5) is 0 Å². The van der Waals surface area contributed by atoms with Gasteiger partial charge in [0.25, 0.3) is 0 Å². The van der Waals surface area contributed by atoms with Crippen molar-refractivity contribution in [2.45, 2.75) is 57.3 Å². The second-order valence-electron chi connectivity index (χ2n) is 3.84. The summed E-state index contributed by atoms with van der Waals surface area (Å²) >= 11 is 1.99. The van der Waals surface area contributed by atoms with Gasteiger partial charge in [-0.05, 0) is 31.1 Å². The Balaban J connectivity index is 0.000000146. The first-order chi connectivity index (χ1) is 6.86. The van der Waals surface area contributed by atoms with Gasteiger partial charge in [0, 0.05) is 11.9 Å². The molecular weight excluding hydrogens is 192 g/mol. The lowest BCUT2D eigenvalue weighted by atomic mass is 10.1. The van der Waals surface area contributed by atoms with Gasteiger partial charge in [0.2, 0.25) is 0 Å². The van der Waals surface area contributed by atoms with Gasteiger partial charge in [-0.3, -0.25) is 0 Å². The van der Waals surface area contributed by atoms with E-state index in [0.29, 0.717) is 6.10 Å². The van der Waals surface area contributed by atoms with Gasteiger partial charge in [-0.2, -0.15) is 0 Å². The van der Waals surface area contributed by atoms with Gasteiger partial charge in [-0.15, -0.1) is 11.8 Å². The normalized spacial score (nSPS) is 29.3. The van der Waals surface area contributed by atoms with E-state index >= 15 is 0 Å². The lowest BCUT2D eigenvalue weighted by molar-refractivity contribution is -0.0516. The third kappa shape index (κ3) is 4.52. The first-order valence-electron chi connectivity index (χ1n) is 5.78. The molecule has 2 aliphatic heterocycles. The molecule has 2 heterocycles. The zero-order chi connectivity index (χ0) is 10.2. The maximum Gasteiger partial charge on any atom is 0.0594 e. The average Bonchev–Trinajstić information content (AvgIpc) is 2.57. The fourth-order valence-electron chi connectivity index (χ4n) is 1.54. The molecule has 0 aliphatic carbocycles. The van der Waals surface area contributed by atoms with Crippen molar-refractivity contribution >= 4 is 11.8 Å². The Bertz CT molecular complexity index is 153. The summed E-state index contributed by atoms with van der Waals surface area (Å²) in [4.78, 5) is 0. The van der Waals surface area contributed by atoms with Crippen LogP contribution in [-0.2, 0) is 4.74 Å².